The van der Waals surface area contributed by atoms with Crippen LogP contribution in [0.5, 0.6) is 5.75 Å². The molecule has 0 spiro atoms. The van der Waals surface area contributed by atoms with E-state index < -0.39 is 0 Å². The second-order valence-corrected chi connectivity index (χ2v) is 3.87. The molecule has 0 fully saturated rings. The normalized spacial score (nSPS) is 19.1. The van der Waals surface area contributed by atoms with E-state index in [-0.39, 0.29) is 11.4 Å². The van der Waals surface area contributed by atoms with E-state index >= 15 is 0 Å². The van der Waals surface area contributed by atoms with Crippen molar-refractivity contribution in [1.82, 2.24) is 0 Å². The van der Waals surface area contributed by atoms with E-state index in [0.29, 0.717) is 17.7 Å². The van der Waals surface area contributed by atoms with Gasteiger partial charge in [-0.2, -0.15) is 0 Å². The number of Topliss-reactive ketones (excluding diaryl/α,β-unsaturated/α-hetero) is 1. The highest BCUT2D eigenvalue weighted by molar-refractivity contribution is 6.00. The van der Waals surface area contributed by atoms with E-state index in [4.69, 9.17) is 4.74 Å². The Bertz CT molecular complexity index is 353. The molecule has 13 heavy (non-hydrogen) atoms. The summed E-state index contributed by atoms with van der Waals surface area (Å²) in [4.78, 5) is 11.6. The fourth-order valence-electron chi connectivity index (χ4n) is 1.52. The predicted octanol–water partition coefficient (Wildman–Crippen LogP) is 2.23. The largest absolute Gasteiger partial charge is 0.486 e. The van der Waals surface area contributed by atoms with E-state index in [0.717, 1.165) is 0 Å². The van der Waals surface area contributed by atoms with Crippen LogP contribution in [0.25, 0.3) is 0 Å². The Morgan fingerprint density at radius 3 is 3.08 bits per heavy atom. The Labute approximate surface area is 77.5 Å². The highest BCUT2D eigenvalue weighted by atomic mass is 16.5. The highest BCUT2D eigenvalue weighted by Gasteiger charge is 2.31. The number of hydrogen-bond donors (Lipinski definition) is 0. The summed E-state index contributed by atoms with van der Waals surface area (Å²) < 4.78 is 5.61. The van der Waals surface area contributed by atoms with Gasteiger partial charge in [-0.15, -0.1) is 0 Å². The van der Waals surface area contributed by atoms with Crippen molar-refractivity contribution < 1.29 is 9.53 Å². The molecule has 67 valence electrons. The lowest BCUT2D eigenvalue weighted by molar-refractivity contribution is 0.0618. The van der Waals surface area contributed by atoms with E-state index in [1.54, 1.807) is 18.2 Å². The lowest BCUT2D eigenvalue weighted by atomic mass is 9.93. The number of ether oxygens (including phenoxy) is 1. The summed E-state index contributed by atoms with van der Waals surface area (Å²) in [5, 5.41) is 0. The molecule has 2 rings (SSSR count). The van der Waals surface area contributed by atoms with E-state index in [9.17, 15) is 4.79 Å². The molecule has 1 heterocycles. The van der Waals surface area contributed by atoms with Crippen LogP contribution in [0.15, 0.2) is 18.2 Å². The molecule has 1 aliphatic heterocycles. The van der Waals surface area contributed by atoms with Crippen LogP contribution >= 0.6 is 0 Å². The highest BCUT2D eigenvalue weighted by Crippen LogP contribution is 2.31. The predicted molar refractivity (Wildman–Crippen MR) is 48.9 cm³/mol. The van der Waals surface area contributed by atoms with Crippen LogP contribution in [0.3, 0.4) is 0 Å². The molecule has 0 aliphatic carbocycles. The smallest absolute Gasteiger partial charge is 0.170 e. The maximum atomic E-state index is 11.6. The molecule has 0 bridgehead atoms. The number of benzene rings is 1. The van der Waals surface area contributed by atoms with Gasteiger partial charge < -0.3 is 4.74 Å². The molecular weight excluding hydrogens is 164 g/mol. The van der Waals surface area contributed by atoms with Gasteiger partial charge in [0.2, 0.25) is 0 Å². The quantitative estimate of drug-likeness (QED) is 0.604. The van der Waals surface area contributed by atoms with Gasteiger partial charge in [-0.25, -0.2) is 0 Å². The van der Waals surface area contributed by atoms with Crippen molar-refractivity contribution in [2.45, 2.75) is 25.9 Å². The third kappa shape index (κ3) is 1.44. The molecule has 2 heteroatoms. The third-order valence-corrected chi connectivity index (χ3v) is 2.08. The van der Waals surface area contributed by atoms with Gasteiger partial charge in [-0.3, -0.25) is 4.79 Å². The topological polar surface area (TPSA) is 26.3 Å². The third-order valence-electron chi connectivity index (χ3n) is 2.08. The van der Waals surface area contributed by atoms with Crippen molar-refractivity contribution in [2.24, 2.45) is 0 Å². The van der Waals surface area contributed by atoms with Crippen molar-refractivity contribution in [1.29, 1.82) is 0 Å². The molecule has 2 nitrogen and oxygen atoms in total. The zero-order valence-electron chi connectivity index (χ0n) is 7.76. The standard InChI is InChI=1S/C11H11O2/c1-11(2)7-9(12)8-5-3-4-6-10(8)13-11/h3-5H,7H2,1-2H3. The maximum Gasteiger partial charge on any atom is 0.170 e. The van der Waals surface area contributed by atoms with Gasteiger partial charge in [0.15, 0.2) is 5.78 Å². The van der Waals surface area contributed by atoms with Crippen molar-refractivity contribution in [3.05, 3.63) is 29.8 Å². The first-order chi connectivity index (χ1) is 6.08. The van der Waals surface area contributed by atoms with Crippen LogP contribution in [-0.2, 0) is 0 Å². The van der Waals surface area contributed by atoms with Gasteiger partial charge in [-0.1, -0.05) is 12.1 Å². The van der Waals surface area contributed by atoms with Crippen LogP contribution in [0.4, 0.5) is 0 Å². The maximum absolute atomic E-state index is 11.6. The van der Waals surface area contributed by atoms with Gasteiger partial charge in [0.05, 0.1) is 12.0 Å². The molecule has 0 atom stereocenters. The lowest BCUT2D eigenvalue weighted by Crippen LogP contribution is -2.35. The number of fused-ring (bicyclic) bond motifs is 1. The number of ketones is 1. The minimum Gasteiger partial charge on any atom is -0.486 e. The Morgan fingerprint density at radius 1 is 1.54 bits per heavy atom. The summed E-state index contributed by atoms with van der Waals surface area (Å²) in [5.41, 5.74) is 0.268. The van der Waals surface area contributed by atoms with Crippen molar-refractivity contribution >= 4 is 5.78 Å². The second kappa shape index (κ2) is 2.59. The zero-order chi connectivity index (χ0) is 9.47. The fraction of sp³-hybridized carbons (Fsp3) is 0.364. The number of para-hydroxylation sites is 1. The molecule has 0 saturated heterocycles. The summed E-state index contributed by atoms with van der Waals surface area (Å²) in [6.45, 7) is 3.82. The van der Waals surface area contributed by atoms with E-state index in [1.165, 1.54) is 0 Å². The molecular formula is C11H11O2. The molecule has 0 unspecified atom stereocenters. The van der Waals surface area contributed by atoms with E-state index in [1.807, 2.05) is 13.8 Å². The number of rotatable bonds is 0. The monoisotopic (exact) mass is 175 g/mol. The second-order valence-electron chi connectivity index (χ2n) is 3.87. The van der Waals surface area contributed by atoms with Gasteiger partial charge in [0.25, 0.3) is 0 Å². The van der Waals surface area contributed by atoms with Gasteiger partial charge >= 0.3 is 0 Å². The van der Waals surface area contributed by atoms with Gasteiger partial charge in [0.1, 0.15) is 11.4 Å². The van der Waals surface area contributed by atoms with Crippen LogP contribution in [-0.4, -0.2) is 11.4 Å². The SMILES string of the molecule is CC1(C)CC(=O)c2ccc[c]c2O1. The van der Waals surface area contributed by atoms with Gasteiger partial charge in [-0.05, 0) is 19.9 Å². The average Bonchev–Trinajstić information content (AvgIpc) is 2.02. The molecule has 1 aromatic rings. The molecule has 0 amide bonds. The van der Waals surface area contributed by atoms with Crippen molar-refractivity contribution in [3.8, 4) is 5.75 Å². The Morgan fingerprint density at radius 2 is 2.31 bits per heavy atom. The number of carbonyl (C=O) groups excluding carboxylic acids is 1. The summed E-state index contributed by atoms with van der Waals surface area (Å²) in [6, 6.07) is 8.27. The lowest BCUT2D eigenvalue weighted by Gasteiger charge is -2.31. The minimum atomic E-state index is -0.387. The molecule has 1 radical (unpaired) electrons. The molecule has 0 saturated carbocycles. The average molecular weight is 175 g/mol. The summed E-state index contributed by atoms with van der Waals surface area (Å²) in [6.07, 6.45) is 0.442. The Hall–Kier alpha value is -1.31. The molecule has 1 aromatic carbocycles. The van der Waals surface area contributed by atoms with Crippen LogP contribution < -0.4 is 4.74 Å². The molecule has 0 aromatic heterocycles. The van der Waals surface area contributed by atoms with E-state index in [2.05, 4.69) is 6.07 Å². The van der Waals surface area contributed by atoms with Gasteiger partial charge in [0, 0.05) is 6.07 Å². The number of hydrogen-bond acceptors (Lipinski definition) is 2. The Kier molecular flexibility index (Phi) is 1.65. The first kappa shape index (κ1) is 8.30. The summed E-state index contributed by atoms with van der Waals surface area (Å²) >= 11 is 0. The van der Waals surface area contributed by atoms with Crippen LogP contribution in [0.2, 0.25) is 0 Å². The molecule has 0 N–H and O–H groups in total. The van der Waals surface area contributed by atoms with Crippen molar-refractivity contribution in [3.63, 3.8) is 0 Å². The minimum absolute atomic E-state index is 0.142. The summed E-state index contributed by atoms with van der Waals surface area (Å²) in [7, 11) is 0. The first-order valence-corrected chi connectivity index (χ1v) is 4.31. The Balaban J connectivity index is 2.49. The zero-order valence-corrected chi connectivity index (χ0v) is 7.76. The fourth-order valence-corrected chi connectivity index (χ4v) is 1.52. The van der Waals surface area contributed by atoms with Crippen molar-refractivity contribution in [2.75, 3.05) is 0 Å². The van der Waals surface area contributed by atoms with Crippen LogP contribution in [0.1, 0.15) is 30.6 Å². The van der Waals surface area contributed by atoms with Crippen LogP contribution in [0, 0.1) is 6.07 Å². The first-order valence-electron chi connectivity index (χ1n) is 4.31. The molecule has 1 aliphatic rings. The number of carbonyl (C=O) groups is 1. The summed E-state index contributed by atoms with van der Waals surface area (Å²) in [5.74, 6) is 0.729.